The molecule has 0 aromatic heterocycles. The van der Waals surface area contributed by atoms with Crippen LogP contribution in [0, 0.1) is 11.7 Å². The molecule has 0 spiro atoms. The third-order valence-corrected chi connectivity index (χ3v) is 5.98. The van der Waals surface area contributed by atoms with Gasteiger partial charge in [-0.15, -0.1) is 0 Å². The highest BCUT2D eigenvalue weighted by Crippen LogP contribution is 2.20. The lowest BCUT2D eigenvalue weighted by molar-refractivity contribution is -0.126. The van der Waals surface area contributed by atoms with Crippen LogP contribution in [0.5, 0.6) is 0 Å². The molecule has 2 fully saturated rings. The number of likely N-dealkylation sites (tertiary alicyclic amines) is 1. The first-order valence-corrected chi connectivity index (χ1v) is 10.8. The number of nitrogens with zero attached hydrogens (tertiary/aromatic N) is 2. The molecule has 0 unspecified atom stereocenters. The predicted molar refractivity (Wildman–Crippen MR) is 116 cm³/mol. The molecule has 6 heteroatoms. The lowest BCUT2D eigenvalue weighted by Gasteiger charge is -2.32. The highest BCUT2D eigenvalue weighted by Gasteiger charge is 2.25. The average molecular weight is 412 g/mol. The van der Waals surface area contributed by atoms with Crippen LogP contribution in [0.1, 0.15) is 24.0 Å². The van der Waals surface area contributed by atoms with Crippen molar-refractivity contribution in [2.75, 3.05) is 44.3 Å². The van der Waals surface area contributed by atoms with Gasteiger partial charge in [0.1, 0.15) is 5.82 Å². The smallest absolute Gasteiger partial charge is 0.224 e. The molecule has 2 aromatic carbocycles. The minimum atomic E-state index is -0.215. The van der Waals surface area contributed by atoms with Crippen molar-refractivity contribution >= 4 is 11.6 Å². The van der Waals surface area contributed by atoms with Crippen molar-refractivity contribution in [3.8, 4) is 0 Å². The highest BCUT2D eigenvalue weighted by atomic mass is 19.1. The van der Waals surface area contributed by atoms with Gasteiger partial charge in [-0.3, -0.25) is 9.69 Å². The number of carbonyl (C=O) groups is 1. The van der Waals surface area contributed by atoms with Gasteiger partial charge in [0, 0.05) is 38.4 Å². The zero-order valence-electron chi connectivity index (χ0n) is 17.4. The number of hydrogen-bond acceptors (Lipinski definition) is 4. The molecule has 0 radical (unpaired) electrons. The molecular formula is C24H30FN3O2. The van der Waals surface area contributed by atoms with E-state index < -0.39 is 0 Å². The van der Waals surface area contributed by atoms with Gasteiger partial charge in [-0.25, -0.2) is 4.39 Å². The molecule has 2 aromatic rings. The Morgan fingerprint density at radius 3 is 2.43 bits per heavy atom. The van der Waals surface area contributed by atoms with Crippen LogP contribution >= 0.6 is 0 Å². The maximum atomic E-state index is 13.1. The molecule has 0 bridgehead atoms. The minimum Gasteiger partial charge on any atom is -0.378 e. The summed E-state index contributed by atoms with van der Waals surface area (Å²) < 4.78 is 18.5. The van der Waals surface area contributed by atoms with Crippen LogP contribution in [0.4, 0.5) is 10.1 Å². The molecule has 2 heterocycles. The molecule has 2 aliphatic heterocycles. The van der Waals surface area contributed by atoms with E-state index in [0.717, 1.165) is 69.9 Å². The summed E-state index contributed by atoms with van der Waals surface area (Å²) in [6.07, 6.45) is 1.93. The molecule has 5 nitrogen and oxygen atoms in total. The number of piperidine rings is 1. The second-order valence-electron chi connectivity index (χ2n) is 8.18. The second kappa shape index (κ2) is 10.0. The number of ether oxygens (including phenoxy) is 1. The third-order valence-electron chi connectivity index (χ3n) is 5.98. The molecule has 1 N–H and O–H groups in total. The molecule has 2 aliphatic rings. The Labute approximate surface area is 177 Å². The molecular weight excluding hydrogens is 381 g/mol. The summed E-state index contributed by atoms with van der Waals surface area (Å²) in [6, 6.07) is 15.1. The van der Waals surface area contributed by atoms with Gasteiger partial charge >= 0.3 is 0 Å². The Kier molecular flexibility index (Phi) is 6.97. The number of carbonyl (C=O) groups excluding carboxylic acids is 1. The maximum absolute atomic E-state index is 13.1. The van der Waals surface area contributed by atoms with E-state index in [1.54, 1.807) is 0 Å². The number of benzene rings is 2. The number of anilines is 1. The van der Waals surface area contributed by atoms with Crippen LogP contribution in [-0.2, 0) is 22.6 Å². The Bertz CT molecular complexity index is 819. The SMILES string of the molecule is O=C(NCc1ccc(N2CCOCC2)cc1)[C@@H]1CCCN(Cc2ccc(F)cc2)C1. The number of nitrogens with one attached hydrogen (secondary N) is 1. The fraction of sp³-hybridized carbons (Fsp3) is 0.458. The molecule has 1 atom stereocenters. The van der Waals surface area contributed by atoms with E-state index in [0.29, 0.717) is 6.54 Å². The van der Waals surface area contributed by atoms with Crippen molar-refractivity contribution in [3.63, 3.8) is 0 Å². The summed E-state index contributed by atoms with van der Waals surface area (Å²) in [7, 11) is 0. The third kappa shape index (κ3) is 5.58. The molecule has 1 amide bonds. The Hall–Kier alpha value is -2.44. The zero-order chi connectivity index (χ0) is 20.8. The fourth-order valence-corrected chi connectivity index (χ4v) is 4.24. The van der Waals surface area contributed by atoms with Gasteiger partial charge in [0.15, 0.2) is 0 Å². The first-order valence-electron chi connectivity index (χ1n) is 10.8. The molecule has 0 saturated carbocycles. The summed E-state index contributed by atoms with van der Waals surface area (Å²) in [5.74, 6) is -0.0875. The summed E-state index contributed by atoms with van der Waals surface area (Å²) in [5.41, 5.74) is 3.40. The highest BCUT2D eigenvalue weighted by molar-refractivity contribution is 5.79. The van der Waals surface area contributed by atoms with Gasteiger partial charge < -0.3 is 15.0 Å². The van der Waals surface area contributed by atoms with Gasteiger partial charge in [-0.1, -0.05) is 24.3 Å². The van der Waals surface area contributed by atoms with Gasteiger partial charge in [0.25, 0.3) is 0 Å². The number of hydrogen-bond donors (Lipinski definition) is 1. The predicted octanol–water partition coefficient (Wildman–Crippen LogP) is 3.19. The fourth-order valence-electron chi connectivity index (χ4n) is 4.24. The van der Waals surface area contributed by atoms with Gasteiger partial charge in [-0.2, -0.15) is 0 Å². The van der Waals surface area contributed by atoms with E-state index in [-0.39, 0.29) is 17.6 Å². The second-order valence-corrected chi connectivity index (χ2v) is 8.18. The van der Waals surface area contributed by atoms with Gasteiger partial charge in [-0.05, 0) is 54.8 Å². The average Bonchev–Trinajstić information content (AvgIpc) is 2.80. The molecule has 30 heavy (non-hydrogen) atoms. The quantitative estimate of drug-likeness (QED) is 0.793. The van der Waals surface area contributed by atoms with Crippen molar-refractivity contribution in [1.29, 1.82) is 0 Å². The number of amides is 1. The molecule has 4 rings (SSSR count). The molecule has 0 aliphatic carbocycles. The van der Waals surface area contributed by atoms with E-state index in [4.69, 9.17) is 4.74 Å². The van der Waals surface area contributed by atoms with Gasteiger partial charge in [0.2, 0.25) is 5.91 Å². The zero-order valence-corrected chi connectivity index (χ0v) is 17.4. The Balaban J connectivity index is 1.25. The summed E-state index contributed by atoms with van der Waals surface area (Å²) >= 11 is 0. The van der Waals surface area contributed by atoms with Crippen LogP contribution in [0.3, 0.4) is 0 Å². The minimum absolute atomic E-state index is 0.00632. The van der Waals surface area contributed by atoms with Crippen LogP contribution in [-0.4, -0.2) is 50.2 Å². The van der Waals surface area contributed by atoms with Crippen molar-refractivity contribution in [3.05, 3.63) is 65.5 Å². The van der Waals surface area contributed by atoms with Crippen molar-refractivity contribution in [2.24, 2.45) is 5.92 Å². The van der Waals surface area contributed by atoms with Crippen molar-refractivity contribution < 1.29 is 13.9 Å². The first-order chi connectivity index (χ1) is 14.7. The number of rotatable bonds is 6. The van der Waals surface area contributed by atoms with E-state index >= 15 is 0 Å². The number of halogens is 1. The molecule has 160 valence electrons. The topological polar surface area (TPSA) is 44.8 Å². The largest absolute Gasteiger partial charge is 0.378 e. The normalized spacial score (nSPS) is 20.2. The van der Waals surface area contributed by atoms with E-state index in [1.807, 2.05) is 12.1 Å². The molecule has 2 saturated heterocycles. The lowest BCUT2D eigenvalue weighted by Crippen LogP contribution is -2.42. The Morgan fingerprint density at radius 2 is 1.70 bits per heavy atom. The summed E-state index contributed by atoms with van der Waals surface area (Å²) in [4.78, 5) is 17.3. The first kappa shape index (κ1) is 20.8. The standard InChI is InChI=1S/C24H30FN3O2/c25-22-7-3-20(4-8-22)17-27-11-1-2-21(18-27)24(29)26-16-19-5-9-23(10-6-19)28-12-14-30-15-13-28/h3-10,21H,1-2,11-18H2,(H,26,29)/t21-/m1/s1. The maximum Gasteiger partial charge on any atom is 0.224 e. The Morgan fingerprint density at radius 1 is 1.00 bits per heavy atom. The number of morpholine rings is 1. The summed E-state index contributed by atoms with van der Waals surface area (Å²) in [6.45, 7) is 6.43. The van der Waals surface area contributed by atoms with E-state index in [2.05, 4.69) is 39.4 Å². The van der Waals surface area contributed by atoms with Crippen LogP contribution in [0.2, 0.25) is 0 Å². The van der Waals surface area contributed by atoms with Crippen LogP contribution in [0.15, 0.2) is 48.5 Å². The van der Waals surface area contributed by atoms with Crippen LogP contribution < -0.4 is 10.2 Å². The van der Waals surface area contributed by atoms with E-state index in [9.17, 15) is 9.18 Å². The van der Waals surface area contributed by atoms with Crippen LogP contribution in [0.25, 0.3) is 0 Å². The van der Waals surface area contributed by atoms with Gasteiger partial charge in [0.05, 0.1) is 19.1 Å². The monoisotopic (exact) mass is 411 g/mol. The lowest BCUT2D eigenvalue weighted by atomic mass is 9.96. The van der Waals surface area contributed by atoms with Crippen molar-refractivity contribution in [1.82, 2.24) is 10.2 Å². The summed E-state index contributed by atoms with van der Waals surface area (Å²) in [5, 5.41) is 3.11. The van der Waals surface area contributed by atoms with E-state index in [1.165, 1.54) is 17.8 Å². The van der Waals surface area contributed by atoms with Crippen molar-refractivity contribution in [2.45, 2.75) is 25.9 Å².